The van der Waals surface area contributed by atoms with Crippen molar-refractivity contribution in [1.82, 2.24) is 5.32 Å². The molecule has 0 bridgehead atoms. The number of carboxylic acids is 1. The summed E-state index contributed by atoms with van der Waals surface area (Å²) in [5.41, 5.74) is -0.752. The third-order valence-corrected chi connectivity index (χ3v) is 2.35. The number of hydrogen-bond acceptors (Lipinski definition) is 2. The van der Waals surface area contributed by atoms with Crippen LogP contribution in [0.2, 0.25) is 0 Å². The Hall–Kier alpha value is -0.830. The fourth-order valence-electron chi connectivity index (χ4n) is 1.71. The molecule has 0 heterocycles. The lowest BCUT2D eigenvalue weighted by molar-refractivity contribution is -0.145. The number of carbonyl (C=O) groups is 1. The van der Waals surface area contributed by atoms with Crippen LogP contribution in [-0.2, 0) is 4.79 Å². The molecular weight excluding hydrogens is 178 g/mol. The van der Waals surface area contributed by atoms with E-state index in [1.165, 1.54) is 0 Å². The van der Waals surface area contributed by atoms with Crippen molar-refractivity contribution in [2.45, 2.75) is 45.1 Å². The molecule has 0 radical (unpaired) electrons. The van der Waals surface area contributed by atoms with E-state index in [1.54, 1.807) is 6.08 Å². The first-order valence-corrected chi connectivity index (χ1v) is 5.22. The highest BCUT2D eigenvalue weighted by Gasteiger charge is 2.35. The molecule has 0 atom stereocenters. The SMILES string of the molecule is C=CCNC(CCC)(CCC)C(=O)O. The van der Waals surface area contributed by atoms with Gasteiger partial charge in [-0.25, -0.2) is 0 Å². The zero-order valence-corrected chi connectivity index (χ0v) is 9.18. The Kier molecular flexibility index (Phi) is 6.21. The number of hydrogen-bond donors (Lipinski definition) is 2. The number of nitrogens with one attached hydrogen (secondary N) is 1. The minimum atomic E-state index is -0.752. The van der Waals surface area contributed by atoms with Crippen LogP contribution in [0.1, 0.15) is 39.5 Å². The molecule has 0 aromatic rings. The first-order valence-electron chi connectivity index (χ1n) is 5.22. The molecule has 0 aliphatic rings. The first-order chi connectivity index (χ1) is 6.63. The fourth-order valence-corrected chi connectivity index (χ4v) is 1.71. The van der Waals surface area contributed by atoms with Crippen molar-refractivity contribution >= 4 is 5.97 Å². The van der Waals surface area contributed by atoms with Crippen molar-refractivity contribution in [3.63, 3.8) is 0 Å². The van der Waals surface area contributed by atoms with Crippen LogP contribution in [0.5, 0.6) is 0 Å². The van der Waals surface area contributed by atoms with Gasteiger partial charge in [0, 0.05) is 6.54 Å². The van der Waals surface area contributed by atoms with Gasteiger partial charge in [0.05, 0.1) is 0 Å². The van der Waals surface area contributed by atoms with Crippen molar-refractivity contribution < 1.29 is 9.90 Å². The second kappa shape index (κ2) is 6.60. The monoisotopic (exact) mass is 199 g/mol. The Morgan fingerprint density at radius 2 is 1.93 bits per heavy atom. The van der Waals surface area contributed by atoms with Gasteiger partial charge in [0.2, 0.25) is 0 Å². The molecule has 0 saturated heterocycles. The highest BCUT2D eigenvalue weighted by Crippen LogP contribution is 2.19. The maximum absolute atomic E-state index is 11.2. The molecule has 14 heavy (non-hydrogen) atoms. The van der Waals surface area contributed by atoms with Crippen LogP contribution in [-0.4, -0.2) is 23.2 Å². The summed E-state index contributed by atoms with van der Waals surface area (Å²) in [5, 5.41) is 12.3. The van der Waals surface area contributed by atoms with Gasteiger partial charge in [-0.2, -0.15) is 0 Å². The van der Waals surface area contributed by atoms with Crippen molar-refractivity contribution in [3.8, 4) is 0 Å². The number of rotatable bonds is 8. The van der Waals surface area contributed by atoms with Crippen molar-refractivity contribution in [1.29, 1.82) is 0 Å². The summed E-state index contributed by atoms with van der Waals surface area (Å²) in [7, 11) is 0. The van der Waals surface area contributed by atoms with Gasteiger partial charge >= 0.3 is 5.97 Å². The summed E-state index contributed by atoms with van der Waals surface area (Å²) in [6.45, 7) is 8.14. The van der Waals surface area contributed by atoms with Crippen LogP contribution < -0.4 is 5.32 Å². The van der Waals surface area contributed by atoms with E-state index in [0.717, 1.165) is 12.8 Å². The van der Waals surface area contributed by atoms with Crippen molar-refractivity contribution in [2.24, 2.45) is 0 Å². The second-order valence-electron chi connectivity index (χ2n) is 3.56. The largest absolute Gasteiger partial charge is 0.480 e. The maximum atomic E-state index is 11.2. The highest BCUT2D eigenvalue weighted by molar-refractivity contribution is 5.78. The Balaban J connectivity index is 4.54. The highest BCUT2D eigenvalue weighted by atomic mass is 16.4. The molecule has 0 fully saturated rings. The third-order valence-electron chi connectivity index (χ3n) is 2.35. The molecule has 0 aromatic carbocycles. The van der Waals surface area contributed by atoms with E-state index in [-0.39, 0.29) is 0 Å². The van der Waals surface area contributed by atoms with Gasteiger partial charge in [-0.05, 0) is 12.8 Å². The predicted octanol–water partition coefficient (Wildman–Crippen LogP) is 2.19. The molecule has 0 spiro atoms. The minimum Gasteiger partial charge on any atom is -0.480 e. The summed E-state index contributed by atoms with van der Waals surface area (Å²) in [6.07, 6.45) is 4.78. The molecule has 0 unspecified atom stereocenters. The van der Waals surface area contributed by atoms with E-state index in [2.05, 4.69) is 11.9 Å². The summed E-state index contributed by atoms with van der Waals surface area (Å²) >= 11 is 0. The predicted molar refractivity (Wildman–Crippen MR) is 58.4 cm³/mol. The van der Waals surface area contributed by atoms with Gasteiger partial charge in [-0.15, -0.1) is 6.58 Å². The van der Waals surface area contributed by atoms with E-state index in [4.69, 9.17) is 0 Å². The zero-order valence-electron chi connectivity index (χ0n) is 9.18. The lowest BCUT2D eigenvalue weighted by Crippen LogP contribution is -2.52. The minimum absolute atomic E-state index is 0.548. The summed E-state index contributed by atoms with van der Waals surface area (Å²) in [6, 6.07) is 0. The molecule has 0 aliphatic heterocycles. The average Bonchev–Trinajstić information content (AvgIpc) is 2.14. The average molecular weight is 199 g/mol. The second-order valence-corrected chi connectivity index (χ2v) is 3.56. The van der Waals surface area contributed by atoms with Crippen LogP contribution in [0.4, 0.5) is 0 Å². The summed E-state index contributed by atoms with van der Waals surface area (Å²) < 4.78 is 0. The molecular formula is C11H21NO2. The number of carboxylic acid groups (broad SMARTS) is 1. The molecule has 2 N–H and O–H groups in total. The number of aliphatic carboxylic acids is 1. The molecule has 0 rings (SSSR count). The lowest BCUT2D eigenvalue weighted by atomic mass is 9.88. The topological polar surface area (TPSA) is 49.3 Å². The van der Waals surface area contributed by atoms with Crippen LogP contribution >= 0.6 is 0 Å². The zero-order chi connectivity index (χ0) is 11.0. The Bertz CT molecular complexity index is 184. The Labute approximate surface area is 86.2 Å². The van der Waals surface area contributed by atoms with Gasteiger partial charge in [0.15, 0.2) is 0 Å². The van der Waals surface area contributed by atoms with Gasteiger partial charge in [0.1, 0.15) is 5.54 Å². The fraction of sp³-hybridized carbons (Fsp3) is 0.727. The summed E-state index contributed by atoms with van der Waals surface area (Å²) in [4.78, 5) is 11.2. The van der Waals surface area contributed by atoms with Crippen molar-refractivity contribution in [2.75, 3.05) is 6.54 Å². The van der Waals surface area contributed by atoms with Crippen LogP contribution in [0.3, 0.4) is 0 Å². The molecule has 0 saturated carbocycles. The maximum Gasteiger partial charge on any atom is 0.323 e. The Morgan fingerprint density at radius 3 is 2.21 bits per heavy atom. The van der Waals surface area contributed by atoms with Crippen molar-refractivity contribution in [3.05, 3.63) is 12.7 Å². The van der Waals surface area contributed by atoms with Crippen LogP contribution in [0.25, 0.3) is 0 Å². The van der Waals surface area contributed by atoms with Gasteiger partial charge in [-0.3, -0.25) is 10.1 Å². The smallest absolute Gasteiger partial charge is 0.323 e. The molecule has 3 heteroatoms. The quantitative estimate of drug-likeness (QED) is 0.589. The van der Waals surface area contributed by atoms with E-state index in [9.17, 15) is 9.90 Å². The third kappa shape index (κ3) is 3.50. The van der Waals surface area contributed by atoms with E-state index < -0.39 is 11.5 Å². The summed E-state index contributed by atoms with van der Waals surface area (Å²) in [5.74, 6) is -0.747. The normalized spacial score (nSPS) is 11.3. The molecule has 0 aliphatic carbocycles. The van der Waals surface area contributed by atoms with E-state index in [0.29, 0.717) is 19.4 Å². The van der Waals surface area contributed by atoms with Crippen LogP contribution in [0.15, 0.2) is 12.7 Å². The Morgan fingerprint density at radius 1 is 1.43 bits per heavy atom. The lowest BCUT2D eigenvalue weighted by Gasteiger charge is -2.29. The van der Waals surface area contributed by atoms with Crippen LogP contribution in [0, 0.1) is 0 Å². The van der Waals surface area contributed by atoms with Gasteiger partial charge in [-0.1, -0.05) is 32.8 Å². The first kappa shape index (κ1) is 13.2. The molecule has 82 valence electrons. The standard InChI is InChI=1S/C11H21NO2/c1-4-7-11(8-5-2,10(13)14)12-9-6-3/h6,12H,3-5,7-9H2,1-2H3,(H,13,14). The van der Waals surface area contributed by atoms with Gasteiger partial charge in [0.25, 0.3) is 0 Å². The van der Waals surface area contributed by atoms with E-state index in [1.807, 2.05) is 13.8 Å². The molecule has 0 amide bonds. The molecule has 3 nitrogen and oxygen atoms in total. The molecule has 0 aromatic heterocycles. The van der Waals surface area contributed by atoms with Gasteiger partial charge < -0.3 is 5.11 Å². The van der Waals surface area contributed by atoms with E-state index >= 15 is 0 Å².